The zero-order chi connectivity index (χ0) is 15.9. The zero-order valence-corrected chi connectivity index (χ0v) is 13.3. The minimum absolute atomic E-state index is 0.370. The predicted molar refractivity (Wildman–Crippen MR) is 85.6 cm³/mol. The molecule has 0 amide bonds. The largest absolute Gasteiger partial charge is 0.340 e. The van der Waals surface area contributed by atoms with Gasteiger partial charge in [-0.1, -0.05) is 6.92 Å². The maximum atomic E-state index is 12.2. The maximum Gasteiger partial charge on any atom is 0.329 e. The summed E-state index contributed by atoms with van der Waals surface area (Å²) in [5, 5.41) is 0. The second-order valence-electron chi connectivity index (χ2n) is 5.57. The van der Waals surface area contributed by atoms with Gasteiger partial charge in [0.1, 0.15) is 0 Å². The SMILES string of the molecule is CCN1CCN(c2nc3c(c(=O)[nH]c(=O)n3C)n2CC)CC1. The summed E-state index contributed by atoms with van der Waals surface area (Å²) < 4.78 is 3.30. The van der Waals surface area contributed by atoms with Crippen LogP contribution in [-0.2, 0) is 13.6 Å². The summed E-state index contributed by atoms with van der Waals surface area (Å²) in [4.78, 5) is 35.5. The van der Waals surface area contributed by atoms with E-state index in [1.54, 1.807) is 7.05 Å². The van der Waals surface area contributed by atoms with Gasteiger partial charge in [-0.25, -0.2) is 4.79 Å². The van der Waals surface area contributed by atoms with Gasteiger partial charge in [0.15, 0.2) is 11.2 Å². The van der Waals surface area contributed by atoms with Crippen LogP contribution in [0.3, 0.4) is 0 Å². The maximum absolute atomic E-state index is 12.2. The van der Waals surface area contributed by atoms with E-state index in [-0.39, 0.29) is 5.56 Å². The first-order chi connectivity index (χ1) is 10.6. The van der Waals surface area contributed by atoms with E-state index in [0.717, 1.165) is 38.7 Å². The van der Waals surface area contributed by atoms with Crippen molar-refractivity contribution in [2.75, 3.05) is 37.6 Å². The molecule has 0 spiro atoms. The van der Waals surface area contributed by atoms with Crippen molar-refractivity contribution in [3.8, 4) is 0 Å². The number of piperazine rings is 1. The molecule has 0 unspecified atom stereocenters. The van der Waals surface area contributed by atoms with Crippen LogP contribution in [0.15, 0.2) is 9.59 Å². The summed E-state index contributed by atoms with van der Waals surface area (Å²) in [6, 6.07) is 0. The zero-order valence-electron chi connectivity index (χ0n) is 13.3. The summed E-state index contributed by atoms with van der Waals surface area (Å²) in [6.07, 6.45) is 0. The fourth-order valence-electron chi connectivity index (χ4n) is 3.03. The highest BCUT2D eigenvalue weighted by molar-refractivity contribution is 5.74. The van der Waals surface area contributed by atoms with E-state index in [1.165, 1.54) is 4.57 Å². The normalized spacial score (nSPS) is 16.6. The highest BCUT2D eigenvalue weighted by atomic mass is 16.2. The average molecular weight is 306 g/mol. The standard InChI is InChI=1S/C14H22N6O2/c1-4-18-6-8-19(9-7-18)13-15-11-10(20(13)5-2)12(21)16-14(22)17(11)3/h4-9H2,1-3H3,(H,16,21,22). The average Bonchev–Trinajstić information content (AvgIpc) is 2.93. The van der Waals surface area contributed by atoms with Crippen LogP contribution < -0.4 is 16.1 Å². The number of aromatic nitrogens is 4. The van der Waals surface area contributed by atoms with E-state index >= 15 is 0 Å². The molecule has 0 aliphatic carbocycles. The van der Waals surface area contributed by atoms with Crippen LogP contribution in [0.25, 0.3) is 11.2 Å². The molecule has 0 aromatic carbocycles. The summed E-state index contributed by atoms with van der Waals surface area (Å²) >= 11 is 0. The second kappa shape index (κ2) is 5.60. The molecule has 2 aromatic heterocycles. The number of hydrogen-bond acceptors (Lipinski definition) is 5. The number of aromatic amines is 1. The van der Waals surface area contributed by atoms with Crippen molar-refractivity contribution in [2.45, 2.75) is 20.4 Å². The van der Waals surface area contributed by atoms with Crippen LogP contribution in [0.1, 0.15) is 13.8 Å². The molecule has 0 bridgehead atoms. The van der Waals surface area contributed by atoms with Crippen LogP contribution >= 0.6 is 0 Å². The molecular weight excluding hydrogens is 284 g/mol. The first-order valence-electron chi connectivity index (χ1n) is 7.73. The molecule has 3 rings (SSSR count). The fourth-order valence-corrected chi connectivity index (χ4v) is 3.03. The number of imidazole rings is 1. The van der Waals surface area contributed by atoms with Crippen molar-refractivity contribution < 1.29 is 0 Å². The van der Waals surface area contributed by atoms with E-state index in [1.807, 2.05) is 11.5 Å². The number of likely N-dealkylation sites (N-methyl/N-ethyl adjacent to an activating group) is 1. The number of nitrogens with zero attached hydrogens (tertiary/aromatic N) is 5. The summed E-state index contributed by atoms with van der Waals surface area (Å²) in [5.74, 6) is 0.778. The highest BCUT2D eigenvalue weighted by Crippen LogP contribution is 2.20. The quantitative estimate of drug-likeness (QED) is 0.833. The van der Waals surface area contributed by atoms with E-state index in [9.17, 15) is 9.59 Å². The lowest BCUT2D eigenvalue weighted by Crippen LogP contribution is -2.47. The number of anilines is 1. The summed E-state index contributed by atoms with van der Waals surface area (Å²) in [6.45, 7) is 9.56. The molecule has 0 radical (unpaired) electrons. The third-order valence-electron chi connectivity index (χ3n) is 4.41. The molecule has 3 heterocycles. The number of aryl methyl sites for hydroxylation is 2. The summed E-state index contributed by atoms with van der Waals surface area (Å²) in [7, 11) is 1.63. The number of H-pyrrole nitrogens is 1. The Bertz CT molecular complexity index is 794. The minimum Gasteiger partial charge on any atom is -0.340 e. The molecular formula is C14H22N6O2. The Balaban J connectivity index is 2.11. The highest BCUT2D eigenvalue weighted by Gasteiger charge is 2.23. The first-order valence-corrected chi connectivity index (χ1v) is 7.73. The second-order valence-corrected chi connectivity index (χ2v) is 5.57. The number of nitrogens with one attached hydrogen (secondary N) is 1. The Hall–Kier alpha value is -2.09. The molecule has 120 valence electrons. The van der Waals surface area contributed by atoms with Crippen molar-refractivity contribution in [1.82, 2.24) is 24.0 Å². The lowest BCUT2D eigenvalue weighted by atomic mass is 10.3. The Labute approximate surface area is 128 Å². The molecule has 0 atom stereocenters. The van der Waals surface area contributed by atoms with Gasteiger partial charge >= 0.3 is 5.69 Å². The van der Waals surface area contributed by atoms with Crippen LogP contribution in [0.2, 0.25) is 0 Å². The van der Waals surface area contributed by atoms with Gasteiger partial charge < -0.3 is 14.4 Å². The molecule has 1 saturated heterocycles. The molecule has 8 nitrogen and oxygen atoms in total. The van der Waals surface area contributed by atoms with Crippen LogP contribution in [0, 0.1) is 0 Å². The third-order valence-corrected chi connectivity index (χ3v) is 4.41. The predicted octanol–water partition coefficient (Wildman–Crippen LogP) is -0.415. The number of rotatable bonds is 3. The van der Waals surface area contributed by atoms with Gasteiger partial charge in [-0.05, 0) is 13.5 Å². The van der Waals surface area contributed by atoms with E-state index in [2.05, 4.69) is 26.7 Å². The van der Waals surface area contributed by atoms with E-state index in [0.29, 0.717) is 17.7 Å². The van der Waals surface area contributed by atoms with Gasteiger partial charge in [-0.3, -0.25) is 14.3 Å². The van der Waals surface area contributed by atoms with Crippen LogP contribution in [0.4, 0.5) is 5.95 Å². The van der Waals surface area contributed by atoms with Crippen molar-refractivity contribution in [2.24, 2.45) is 7.05 Å². The Morgan fingerprint density at radius 2 is 1.77 bits per heavy atom. The lowest BCUT2D eigenvalue weighted by molar-refractivity contribution is 0.269. The molecule has 2 aromatic rings. The smallest absolute Gasteiger partial charge is 0.329 e. The van der Waals surface area contributed by atoms with Crippen molar-refractivity contribution in [3.05, 3.63) is 20.8 Å². The van der Waals surface area contributed by atoms with Gasteiger partial charge in [0.05, 0.1) is 0 Å². The van der Waals surface area contributed by atoms with E-state index < -0.39 is 5.69 Å². The molecule has 1 aliphatic heterocycles. The third kappa shape index (κ3) is 2.23. The summed E-state index contributed by atoms with van der Waals surface area (Å²) in [5.41, 5.74) is 0.118. The Kier molecular flexibility index (Phi) is 3.78. The number of hydrogen-bond donors (Lipinski definition) is 1. The molecule has 8 heteroatoms. The van der Waals surface area contributed by atoms with Crippen molar-refractivity contribution >= 4 is 17.1 Å². The topological polar surface area (TPSA) is 79.2 Å². The van der Waals surface area contributed by atoms with E-state index in [4.69, 9.17) is 0 Å². The van der Waals surface area contributed by atoms with Gasteiger partial charge in [-0.2, -0.15) is 4.98 Å². The molecule has 1 fully saturated rings. The molecule has 0 saturated carbocycles. The van der Waals surface area contributed by atoms with Crippen LogP contribution in [-0.4, -0.2) is 56.7 Å². The fraction of sp³-hybridized carbons (Fsp3) is 0.643. The Morgan fingerprint density at radius 1 is 1.09 bits per heavy atom. The van der Waals surface area contributed by atoms with Gasteiger partial charge in [0, 0.05) is 39.8 Å². The first kappa shape index (κ1) is 14.8. The molecule has 22 heavy (non-hydrogen) atoms. The van der Waals surface area contributed by atoms with Crippen molar-refractivity contribution in [1.29, 1.82) is 0 Å². The lowest BCUT2D eigenvalue weighted by Gasteiger charge is -2.34. The number of fused-ring (bicyclic) bond motifs is 1. The molecule has 1 aliphatic rings. The molecule has 1 N–H and O–H groups in total. The van der Waals surface area contributed by atoms with Gasteiger partial charge in [-0.15, -0.1) is 0 Å². The van der Waals surface area contributed by atoms with Crippen molar-refractivity contribution in [3.63, 3.8) is 0 Å². The Morgan fingerprint density at radius 3 is 2.36 bits per heavy atom. The monoisotopic (exact) mass is 306 g/mol. The van der Waals surface area contributed by atoms with Gasteiger partial charge in [0.2, 0.25) is 5.95 Å². The van der Waals surface area contributed by atoms with Gasteiger partial charge in [0.25, 0.3) is 5.56 Å². The van der Waals surface area contributed by atoms with Crippen LogP contribution in [0.5, 0.6) is 0 Å². The minimum atomic E-state index is -0.430.